The van der Waals surface area contributed by atoms with E-state index in [9.17, 15) is 15.2 Å². The summed E-state index contributed by atoms with van der Waals surface area (Å²) in [5.41, 5.74) is 6.68. The van der Waals surface area contributed by atoms with Crippen molar-refractivity contribution in [3.8, 4) is 11.8 Å². The number of azo groups is 1. The molecule has 0 spiro atoms. The van der Waals surface area contributed by atoms with E-state index in [1.54, 1.807) is 18.2 Å². The number of anilines is 1. The smallest absolute Gasteiger partial charge is 0.273 e. The van der Waals surface area contributed by atoms with Crippen molar-refractivity contribution in [2.45, 2.75) is 46.1 Å². The molecule has 0 unspecified atom stereocenters. The largest absolute Gasteiger partial charge is 0.504 e. The molecule has 0 radical (unpaired) electrons. The number of aryl methyl sites for hydroxylation is 1. The number of nitrogens with two attached hydrogens (primary N) is 1. The van der Waals surface area contributed by atoms with Crippen molar-refractivity contribution in [2.75, 3.05) is 5.73 Å². The van der Waals surface area contributed by atoms with Crippen LogP contribution in [0.4, 0.5) is 17.2 Å². The third kappa shape index (κ3) is 4.28. The van der Waals surface area contributed by atoms with Crippen molar-refractivity contribution < 1.29 is 5.11 Å². The fourth-order valence-corrected chi connectivity index (χ4v) is 2.55. The van der Waals surface area contributed by atoms with Crippen molar-refractivity contribution in [2.24, 2.45) is 10.2 Å². The maximum atomic E-state index is 12.4. The number of hydrogen-bond donors (Lipinski definition) is 2. The quantitative estimate of drug-likeness (QED) is 0.569. The van der Waals surface area contributed by atoms with E-state index in [4.69, 9.17) is 5.73 Å². The molecule has 1 aromatic carbocycles. The molecule has 0 saturated heterocycles. The van der Waals surface area contributed by atoms with Crippen LogP contribution in [0.15, 0.2) is 39.3 Å². The van der Waals surface area contributed by atoms with Crippen LogP contribution in [0.1, 0.15) is 43.7 Å². The number of pyridine rings is 1. The molecule has 1 aromatic heterocycles. The van der Waals surface area contributed by atoms with Crippen molar-refractivity contribution >= 4 is 17.2 Å². The normalized spacial score (nSPS) is 11.0. The summed E-state index contributed by atoms with van der Waals surface area (Å²) >= 11 is 0. The van der Waals surface area contributed by atoms with Crippen LogP contribution in [0.3, 0.4) is 0 Å². The second-order valence-electron chi connectivity index (χ2n) is 6.12. The van der Waals surface area contributed by atoms with Crippen molar-refractivity contribution in [3.63, 3.8) is 0 Å². The first kappa shape index (κ1) is 19.2. The molecule has 7 nitrogen and oxygen atoms in total. The summed E-state index contributed by atoms with van der Waals surface area (Å²) in [5, 5.41) is 27.5. The molecule has 3 N–H and O–H groups in total. The zero-order chi connectivity index (χ0) is 19.1. The number of aromatic hydroxyl groups is 1. The summed E-state index contributed by atoms with van der Waals surface area (Å²) in [4.78, 5) is 12.4. The van der Waals surface area contributed by atoms with Gasteiger partial charge in [-0.15, -0.1) is 5.11 Å². The Morgan fingerprint density at radius 1 is 1.19 bits per heavy atom. The highest BCUT2D eigenvalue weighted by atomic mass is 16.3. The molecule has 0 amide bonds. The fraction of sp³-hybridized carbons (Fsp3) is 0.368. The van der Waals surface area contributed by atoms with Gasteiger partial charge in [0.25, 0.3) is 5.56 Å². The Bertz CT molecular complexity index is 892. The van der Waals surface area contributed by atoms with Gasteiger partial charge in [0.05, 0.1) is 5.69 Å². The predicted octanol–water partition coefficient (Wildman–Crippen LogP) is 4.31. The van der Waals surface area contributed by atoms with E-state index in [2.05, 4.69) is 17.2 Å². The van der Waals surface area contributed by atoms with Crippen LogP contribution in [0.25, 0.3) is 0 Å². The summed E-state index contributed by atoms with van der Waals surface area (Å²) < 4.78 is 1.29. The Morgan fingerprint density at radius 3 is 2.50 bits per heavy atom. The molecule has 26 heavy (non-hydrogen) atoms. The minimum Gasteiger partial charge on any atom is -0.504 e. The molecule has 0 fully saturated rings. The van der Waals surface area contributed by atoms with Crippen LogP contribution in [-0.4, -0.2) is 9.67 Å². The van der Waals surface area contributed by atoms with Crippen LogP contribution < -0.4 is 11.3 Å². The van der Waals surface area contributed by atoms with Gasteiger partial charge in [0.1, 0.15) is 11.9 Å². The van der Waals surface area contributed by atoms with Gasteiger partial charge >= 0.3 is 0 Å². The molecule has 0 aliphatic heterocycles. The highest BCUT2D eigenvalue weighted by Gasteiger charge is 2.20. The summed E-state index contributed by atoms with van der Waals surface area (Å²) in [6.07, 6.45) is 3.82. The molecule has 0 saturated carbocycles. The number of nitrogens with zero attached hydrogens (tertiary/aromatic N) is 4. The third-order valence-corrected chi connectivity index (χ3v) is 4.10. The van der Waals surface area contributed by atoms with Gasteiger partial charge in [-0.05, 0) is 25.5 Å². The number of aromatic nitrogens is 1. The van der Waals surface area contributed by atoms with Gasteiger partial charge in [0.15, 0.2) is 17.0 Å². The summed E-state index contributed by atoms with van der Waals surface area (Å²) in [6, 6.07) is 9.05. The standard InChI is InChI=1S/C19H23N5O2/c1-3-4-5-6-11-24-18(21)16(17(25)15(12-20)19(24)26)23-22-14-9-7-13(2)8-10-14/h7-10,25H,3-6,11,21H2,1-2H3/b23-22+. The lowest BCUT2D eigenvalue weighted by molar-refractivity contribution is 0.469. The second-order valence-corrected chi connectivity index (χ2v) is 6.12. The zero-order valence-corrected chi connectivity index (χ0v) is 15.1. The highest BCUT2D eigenvalue weighted by Crippen LogP contribution is 2.35. The monoisotopic (exact) mass is 353 g/mol. The van der Waals surface area contributed by atoms with Crippen LogP contribution >= 0.6 is 0 Å². The Balaban J connectivity index is 2.42. The molecule has 2 rings (SSSR count). The van der Waals surface area contributed by atoms with Crippen LogP contribution in [0.5, 0.6) is 5.75 Å². The molecular formula is C19H23N5O2. The Hall–Kier alpha value is -3.14. The Morgan fingerprint density at radius 2 is 1.88 bits per heavy atom. The average molecular weight is 353 g/mol. The summed E-state index contributed by atoms with van der Waals surface area (Å²) in [7, 11) is 0. The number of nitrogen functional groups attached to an aromatic ring is 1. The van der Waals surface area contributed by atoms with E-state index >= 15 is 0 Å². The number of unbranched alkanes of at least 4 members (excludes halogenated alkanes) is 3. The molecular weight excluding hydrogens is 330 g/mol. The molecule has 0 aliphatic carbocycles. The minimum absolute atomic E-state index is 0.0128. The van der Waals surface area contributed by atoms with Crippen LogP contribution in [-0.2, 0) is 6.54 Å². The van der Waals surface area contributed by atoms with E-state index < -0.39 is 11.3 Å². The molecule has 0 atom stereocenters. The number of nitriles is 1. The van der Waals surface area contributed by atoms with E-state index in [-0.39, 0.29) is 17.1 Å². The molecule has 0 aliphatic rings. The lowest BCUT2D eigenvalue weighted by Gasteiger charge is -2.13. The first-order valence-corrected chi connectivity index (χ1v) is 8.63. The fourth-order valence-electron chi connectivity index (χ4n) is 2.55. The van der Waals surface area contributed by atoms with Gasteiger partial charge in [0.2, 0.25) is 0 Å². The topological polar surface area (TPSA) is 117 Å². The molecule has 2 aromatic rings. The van der Waals surface area contributed by atoms with E-state index in [1.807, 2.05) is 19.1 Å². The SMILES string of the molecule is CCCCCCn1c(N)c(/N=N/c2ccc(C)cc2)c(O)c(C#N)c1=O. The van der Waals surface area contributed by atoms with Gasteiger partial charge in [-0.1, -0.05) is 43.9 Å². The Kier molecular flexibility index (Phi) is 6.50. The van der Waals surface area contributed by atoms with Crippen molar-refractivity contribution in [3.05, 3.63) is 45.7 Å². The first-order chi connectivity index (χ1) is 12.5. The summed E-state index contributed by atoms with van der Waals surface area (Å²) in [5.74, 6) is -0.519. The number of rotatable bonds is 7. The van der Waals surface area contributed by atoms with Crippen molar-refractivity contribution in [1.29, 1.82) is 5.26 Å². The Labute approximate surface area is 152 Å². The third-order valence-electron chi connectivity index (χ3n) is 4.10. The maximum absolute atomic E-state index is 12.4. The van der Waals surface area contributed by atoms with Gasteiger partial charge in [-0.2, -0.15) is 10.4 Å². The van der Waals surface area contributed by atoms with E-state index in [0.29, 0.717) is 12.2 Å². The van der Waals surface area contributed by atoms with Gasteiger partial charge in [-0.25, -0.2) is 0 Å². The molecule has 136 valence electrons. The minimum atomic E-state index is -0.603. The second kappa shape index (κ2) is 8.81. The van der Waals surface area contributed by atoms with Crippen LogP contribution in [0, 0.1) is 18.3 Å². The lowest BCUT2D eigenvalue weighted by atomic mass is 10.2. The first-order valence-electron chi connectivity index (χ1n) is 8.63. The van der Waals surface area contributed by atoms with Gasteiger partial charge in [-0.3, -0.25) is 9.36 Å². The average Bonchev–Trinajstić information content (AvgIpc) is 2.63. The number of benzene rings is 1. The predicted molar refractivity (Wildman–Crippen MR) is 101 cm³/mol. The summed E-state index contributed by atoms with van der Waals surface area (Å²) in [6.45, 7) is 4.42. The van der Waals surface area contributed by atoms with Crippen molar-refractivity contribution in [1.82, 2.24) is 4.57 Å². The highest BCUT2D eigenvalue weighted by molar-refractivity contribution is 5.70. The van der Waals surface area contributed by atoms with Gasteiger partial charge < -0.3 is 10.8 Å². The molecule has 1 heterocycles. The van der Waals surface area contributed by atoms with Crippen LogP contribution in [0.2, 0.25) is 0 Å². The molecule has 7 heteroatoms. The maximum Gasteiger partial charge on any atom is 0.273 e. The van der Waals surface area contributed by atoms with E-state index in [0.717, 1.165) is 31.2 Å². The zero-order valence-electron chi connectivity index (χ0n) is 15.1. The van der Waals surface area contributed by atoms with E-state index in [1.165, 1.54) is 4.57 Å². The lowest BCUT2D eigenvalue weighted by Crippen LogP contribution is -2.25. The molecule has 0 bridgehead atoms. The number of hydrogen-bond acceptors (Lipinski definition) is 6. The van der Waals surface area contributed by atoms with Gasteiger partial charge in [0, 0.05) is 6.54 Å².